The van der Waals surface area contributed by atoms with Crippen molar-refractivity contribution in [3.63, 3.8) is 0 Å². The quantitative estimate of drug-likeness (QED) is 0.790. The van der Waals surface area contributed by atoms with Crippen molar-refractivity contribution in [2.24, 2.45) is 0 Å². The van der Waals surface area contributed by atoms with Gasteiger partial charge in [0.2, 0.25) is 0 Å². The second kappa shape index (κ2) is 8.16. The van der Waals surface area contributed by atoms with E-state index in [1.165, 1.54) is 31.4 Å². The number of ether oxygens (including phenoxy) is 1. The lowest BCUT2D eigenvalue weighted by Gasteiger charge is -2.28. The fourth-order valence-corrected chi connectivity index (χ4v) is 4.03. The van der Waals surface area contributed by atoms with Gasteiger partial charge in [0.15, 0.2) is 0 Å². The van der Waals surface area contributed by atoms with E-state index < -0.39 is 10.0 Å². The van der Waals surface area contributed by atoms with Gasteiger partial charge < -0.3 is 15.0 Å². The number of hydrogen-bond acceptors (Lipinski definition) is 5. The summed E-state index contributed by atoms with van der Waals surface area (Å²) in [6, 6.07) is 10.5. The molecule has 9 heteroatoms. The minimum absolute atomic E-state index is 0.0684. The largest absolute Gasteiger partial charge is 0.497 e. The van der Waals surface area contributed by atoms with Crippen LogP contribution in [0.25, 0.3) is 0 Å². The molecule has 0 atom stereocenters. The Labute approximate surface area is 163 Å². The number of carbonyl (C=O) groups excluding carboxylic acids is 1. The van der Waals surface area contributed by atoms with Gasteiger partial charge in [0, 0.05) is 31.2 Å². The van der Waals surface area contributed by atoms with Crippen LogP contribution in [0, 0.1) is 0 Å². The van der Waals surface area contributed by atoms with Gasteiger partial charge in [0.25, 0.3) is 15.9 Å². The van der Waals surface area contributed by atoms with E-state index in [4.69, 9.17) is 16.3 Å². The van der Waals surface area contributed by atoms with E-state index in [0.717, 1.165) is 0 Å². The number of piperazine rings is 1. The van der Waals surface area contributed by atoms with Gasteiger partial charge >= 0.3 is 0 Å². The molecule has 0 spiro atoms. The molecule has 1 saturated heterocycles. The molecule has 0 aliphatic carbocycles. The van der Waals surface area contributed by atoms with Crippen molar-refractivity contribution in [2.75, 3.05) is 38.0 Å². The molecular formula is C18H20ClN3O4S. The van der Waals surface area contributed by atoms with Crippen LogP contribution < -0.4 is 14.8 Å². The third-order valence-electron chi connectivity index (χ3n) is 4.23. The molecule has 0 unspecified atom stereocenters. The van der Waals surface area contributed by atoms with Gasteiger partial charge in [-0.2, -0.15) is 0 Å². The van der Waals surface area contributed by atoms with Crippen LogP contribution in [-0.4, -0.2) is 52.5 Å². The van der Waals surface area contributed by atoms with Gasteiger partial charge in [-0.3, -0.25) is 9.52 Å². The van der Waals surface area contributed by atoms with E-state index in [1.807, 2.05) is 0 Å². The van der Waals surface area contributed by atoms with Gasteiger partial charge in [0.05, 0.1) is 23.3 Å². The summed E-state index contributed by atoms with van der Waals surface area (Å²) in [5, 5.41) is 3.54. The first-order valence-electron chi connectivity index (χ1n) is 8.37. The summed E-state index contributed by atoms with van der Waals surface area (Å²) < 4.78 is 33.0. The van der Waals surface area contributed by atoms with Gasteiger partial charge in [-0.05, 0) is 42.5 Å². The summed E-state index contributed by atoms with van der Waals surface area (Å²) in [7, 11) is -2.37. The molecule has 144 valence electrons. The number of rotatable bonds is 5. The van der Waals surface area contributed by atoms with Crippen molar-refractivity contribution in [3.8, 4) is 5.75 Å². The fourth-order valence-electron chi connectivity index (χ4n) is 2.78. The lowest BCUT2D eigenvalue weighted by molar-refractivity contribution is 0.0737. The number of benzene rings is 2. The van der Waals surface area contributed by atoms with Crippen molar-refractivity contribution in [1.29, 1.82) is 0 Å². The van der Waals surface area contributed by atoms with Crippen molar-refractivity contribution in [3.05, 3.63) is 53.1 Å². The number of methoxy groups -OCH3 is 1. The van der Waals surface area contributed by atoms with Crippen LogP contribution >= 0.6 is 11.6 Å². The summed E-state index contributed by atoms with van der Waals surface area (Å²) >= 11 is 6.05. The Hall–Kier alpha value is -2.29. The Morgan fingerprint density at radius 2 is 1.81 bits per heavy atom. The average molecular weight is 410 g/mol. The van der Waals surface area contributed by atoms with Crippen LogP contribution in [0.3, 0.4) is 0 Å². The topological polar surface area (TPSA) is 87.7 Å². The Balaban J connectivity index is 1.90. The maximum atomic E-state index is 12.9. The highest BCUT2D eigenvalue weighted by atomic mass is 35.5. The summed E-state index contributed by atoms with van der Waals surface area (Å²) in [5.74, 6) is 0.293. The van der Waals surface area contributed by atoms with Gasteiger partial charge in [-0.1, -0.05) is 11.6 Å². The molecule has 0 radical (unpaired) electrons. The highest BCUT2D eigenvalue weighted by Crippen LogP contribution is 2.26. The van der Waals surface area contributed by atoms with E-state index in [9.17, 15) is 13.2 Å². The molecule has 2 aromatic carbocycles. The number of nitrogens with zero attached hydrogens (tertiary/aromatic N) is 1. The van der Waals surface area contributed by atoms with Crippen molar-refractivity contribution < 1.29 is 17.9 Å². The predicted octanol–water partition coefficient (Wildman–Crippen LogP) is 2.19. The number of amides is 1. The molecule has 1 heterocycles. The molecule has 3 rings (SSSR count). The summed E-state index contributed by atoms with van der Waals surface area (Å²) in [6.45, 7) is 2.49. The van der Waals surface area contributed by atoms with Crippen molar-refractivity contribution in [2.45, 2.75) is 4.90 Å². The molecule has 27 heavy (non-hydrogen) atoms. The molecule has 0 aromatic heterocycles. The highest BCUT2D eigenvalue weighted by molar-refractivity contribution is 7.92. The van der Waals surface area contributed by atoms with Gasteiger partial charge in [0.1, 0.15) is 5.75 Å². The molecule has 2 aromatic rings. The van der Waals surface area contributed by atoms with Crippen molar-refractivity contribution >= 4 is 33.2 Å². The van der Waals surface area contributed by atoms with Crippen LogP contribution in [0.4, 0.5) is 5.69 Å². The second-order valence-electron chi connectivity index (χ2n) is 6.01. The molecule has 0 saturated carbocycles. The van der Waals surface area contributed by atoms with E-state index in [1.54, 1.807) is 23.1 Å². The Morgan fingerprint density at radius 1 is 1.15 bits per heavy atom. The van der Waals surface area contributed by atoms with Crippen LogP contribution in [0.2, 0.25) is 5.02 Å². The molecule has 1 amide bonds. The van der Waals surface area contributed by atoms with E-state index in [0.29, 0.717) is 37.0 Å². The zero-order chi connectivity index (χ0) is 19.4. The number of carbonyl (C=O) groups is 1. The second-order valence-corrected chi connectivity index (χ2v) is 8.13. The first kappa shape index (κ1) is 19.5. The van der Waals surface area contributed by atoms with Crippen LogP contribution in [0.5, 0.6) is 5.75 Å². The maximum absolute atomic E-state index is 12.9. The molecule has 1 aliphatic rings. The predicted molar refractivity (Wildman–Crippen MR) is 104 cm³/mol. The molecule has 1 fully saturated rings. The first-order chi connectivity index (χ1) is 12.9. The number of hydrogen-bond donors (Lipinski definition) is 2. The first-order valence-corrected chi connectivity index (χ1v) is 10.2. The summed E-state index contributed by atoms with van der Waals surface area (Å²) in [6.07, 6.45) is 0. The minimum Gasteiger partial charge on any atom is -0.497 e. The monoisotopic (exact) mass is 409 g/mol. The van der Waals surface area contributed by atoms with Crippen LogP contribution in [0.1, 0.15) is 10.4 Å². The number of sulfonamides is 1. The van der Waals surface area contributed by atoms with Crippen LogP contribution in [0.15, 0.2) is 47.4 Å². The normalized spacial score (nSPS) is 14.7. The van der Waals surface area contributed by atoms with E-state index >= 15 is 0 Å². The zero-order valence-corrected chi connectivity index (χ0v) is 16.3. The number of halogens is 1. The SMILES string of the molecule is COc1ccc(S(=O)(=O)Nc2ccc(Cl)cc2C(=O)N2CCNCC2)cc1. The van der Waals surface area contributed by atoms with Gasteiger partial charge in [-0.25, -0.2) is 8.42 Å². The maximum Gasteiger partial charge on any atom is 0.261 e. The number of anilines is 1. The third kappa shape index (κ3) is 4.52. The van der Waals surface area contributed by atoms with E-state index in [-0.39, 0.29) is 22.1 Å². The molecule has 7 nitrogen and oxygen atoms in total. The lowest BCUT2D eigenvalue weighted by Crippen LogP contribution is -2.46. The minimum atomic E-state index is -3.87. The molecule has 1 aliphatic heterocycles. The average Bonchev–Trinajstić information content (AvgIpc) is 2.69. The summed E-state index contributed by atoms with van der Waals surface area (Å²) in [4.78, 5) is 14.6. The smallest absolute Gasteiger partial charge is 0.261 e. The standard InChI is InChI=1S/C18H20ClN3O4S/c1-26-14-3-5-15(6-4-14)27(24,25)21-17-7-2-13(19)12-16(17)18(23)22-10-8-20-9-11-22/h2-7,12,20-21H,8-11H2,1H3. The van der Waals surface area contributed by atoms with Crippen molar-refractivity contribution in [1.82, 2.24) is 10.2 Å². The summed E-state index contributed by atoms with van der Waals surface area (Å²) in [5.41, 5.74) is 0.417. The van der Waals surface area contributed by atoms with E-state index in [2.05, 4.69) is 10.0 Å². The Kier molecular flexibility index (Phi) is 5.88. The molecular weight excluding hydrogens is 390 g/mol. The molecule has 0 bridgehead atoms. The lowest BCUT2D eigenvalue weighted by atomic mass is 10.1. The fraction of sp³-hybridized carbons (Fsp3) is 0.278. The van der Waals surface area contributed by atoms with Crippen LogP contribution in [-0.2, 0) is 10.0 Å². The molecule has 2 N–H and O–H groups in total. The Morgan fingerprint density at radius 3 is 2.44 bits per heavy atom. The third-order valence-corrected chi connectivity index (χ3v) is 5.85. The highest BCUT2D eigenvalue weighted by Gasteiger charge is 2.23. The zero-order valence-electron chi connectivity index (χ0n) is 14.7. The number of nitrogens with one attached hydrogen (secondary N) is 2. The Bertz CT molecular complexity index is 926. The van der Waals surface area contributed by atoms with Gasteiger partial charge in [-0.15, -0.1) is 0 Å².